The fourth-order valence-corrected chi connectivity index (χ4v) is 1.72. The molecule has 1 N–H and O–H groups in total. The maximum atomic E-state index is 5.62. The van der Waals surface area contributed by atoms with Crippen molar-refractivity contribution in [3.05, 3.63) is 29.3 Å². The molecule has 0 saturated heterocycles. The van der Waals surface area contributed by atoms with Gasteiger partial charge in [-0.2, -0.15) is 0 Å². The zero-order valence-electron chi connectivity index (χ0n) is 11.1. The largest absolute Gasteiger partial charge is 0.494 e. The first-order chi connectivity index (χ1) is 8.27. The van der Waals surface area contributed by atoms with Crippen LogP contribution >= 0.6 is 0 Å². The van der Waals surface area contributed by atoms with Crippen LogP contribution < -0.4 is 10.1 Å². The second-order valence-corrected chi connectivity index (χ2v) is 4.04. The summed E-state index contributed by atoms with van der Waals surface area (Å²) >= 11 is 0. The van der Waals surface area contributed by atoms with Crippen molar-refractivity contribution < 1.29 is 9.47 Å². The summed E-state index contributed by atoms with van der Waals surface area (Å²) in [4.78, 5) is 0. The lowest BCUT2D eigenvalue weighted by Crippen LogP contribution is -2.21. The maximum Gasteiger partial charge on any atom is 0.122 e. The molecular weight excluding hydrogens is 214 g/mol. The number of methoxy groups -OCH3 is 1. The van der Waals surface area contributed by atoms with E-state index in [1.807, 2.05) is 6.92 Å². The monoisotopic (exact) mass is 237 g/mol. The Morgan fingerprint density at radius 3 is 2.76 bits per heavy atom. The summed E-state index contributed by atoms with van der Waals surface area (Å²) in [5.74, 6) is 1.01. The van der Waals surface area contributed by atoms with Crippen LogP contribution in [0.15, 0.2) is 18.2 Å². The highest BCUT2D eigenvalue weighted by molar-refractivity contribution is 5.37. The molecule has 1 aromatic rings. The van der Waals surface area contributed by atoms with Crippen molar-refractivity contribution in [3.63, 3.8) is 0 Å². The quantitative estimate of drug-likeness (QED) is 0.703. The number of benzene rings is 1. The van der Waals surface area contributed by atoms with Gasteiger partial charge in [0.2, 0.25) is 0 Å². The zero-order chi connectivity index (χ0) is 12.5. The van der Waals surface area contributed by atoms with Gasteiger partial charge in [0.15, 0.2) is 0 Å². The van der Waals surface area contributed by atoms with Crippen molar-refractivity contribution in [1.82, 2.24) is 5.32 Å². The van der Waals surface area contributed by atoms with E-state index in [2.05, 4.69) is 30.4 Å². The average Bonchev–Trinajstić information content (AvgIpc) is 2.32. The number of nitrogens with one attached hydrogen (secondary N) is 1. The van der Waals surface area contributed by atoms with E-state index < -0.39 is 0 Å². The summed E-state index contributed by atoms with van der Waals surface area (Å²) in [6, 6.07) is 6.35. The third kappa shape index (κ3) is 5.20. The molecule has 0 bridgehead atoms. The van der Waals surface area contributed by atoms with E-state index in [0.717, 1.165) is 31.9 Å². The van der Waals surface area contributed by atoms with E-state index in [1.54, 1.807) is 7.11 Å². The van der Waals surface area contributed by atoms with E-state index in [1.165, 1.54) is 11.1 Å². The SMILES string of the molecule is CCOc1ccc(C)cc1CCNCCOC. The first-order valence-electron chi connectivity index (χ1n) is 6.20. The van der Waals surface area contributed by atoms with Gasteiger partial charge in [0.05, 0.1) is 13.2 Å². The lowest BCUT2D eigenvalue weighted by Gasteiger charge is -2.11. The molecule has 1 rings (SSSR count). The normalized spacial score (nSPS) is 10.5. The van der Waals surface area contributed by atoms with Crippen molar-refractivity contribution in [3.8, 4) is 5.75 Å². The zero-order valence-corrected chi connectivity index (χ0v) is 11.1. The highest BCUT2D eigenvalue weighted by atomic mass is 16.5. The van der Waals surface area contributed by atoms with Crippen LogP contribution in [0.3, 0.4) is 0 Å². The van der Waals surface area contributed by atoms with Crippen molar-refractivity contribution in [2.24, 2.45) is 0 Å². The number of ether oxygens (including phenoxy) is 2. The average molecular weight is 237 g/mol. The van der Waals surface area contributed by atoms with E-state index >= 15 is 0 Å². The summed E-state index contributed by atoms with van der Waals surface area (Å²) in [6.07, 6.45) is 0.987. The molecule has 0 spiro atoms. The molecule has 0 atom stereocenters. The molecule has 96 valence electrons. The van der Waals surface area contributed by atoms with Crippen LogP contribution in [0.2, 0.25) is 0 Å². The molecule has 3 nitrogen and oxygen atoms in total. The molecule has 0 aliphatic heterocycles. The molecule has 0 aromatic heterocycles. The first-order valence-corrected chi connectivity index (χ1v) is 6.20. The molecule has 0 fully saturated rings. The Morgan fingerprint density at radius 2 is 2.06 bits per heavy atom. The Balaban J connectivity index is 2.47. The van der Waals surface area contributed by atoms with Gasteiger partial charge in [0, 0.05) is 13.7 Å². The molecule has 0 aliphatic rings. The summed E-state index contributed by atoms with van der Waals surface area (Å²) < 4.78 is 10.6. The van der Waals surface area contributed by atoms with Crippen molar-refractivity contribution in [2.75, 3.05) is 33.4 Å². The minimum absolute atomic E-state index is 0.715. The van der Waals surface area contributed by atoms with Crippen molar-refractivity contribution in [2.45, 2.75) is 20.3 Å². The summed E-state index contributed by atoms with van der Waals surface area (Å²) in [5, 5.41) is 3.34. The fourth-order valence-electron chi connectivity index (χ4n) is 1.72. The molecule has 1 aromatic carbocycles. The lowest BCUT2D eigenvalue weighted by atomic mass is 10.1. The Labute approximate surface area is 104 Å². The van der Waals surface area contributed by atoms with Gasteiger partial charge in [-0.05, 0) is 38.4 Å². The smallest absolute Gasteiger partial charge is 0.122 e. The molecular formula is C14H23NO2. The summed E-state index contributed by atoms with van der Waals surface area (Å²) in [5.41, 5.74) is 2.55. The van der Waals surface area contributed by atoms with Gasteiger partial charge in [-0.3, -0.25) is 0 Å². The number of hydrogen-bond acceptors (Lipinski definition) is 3. The first kappa shape index (κ1) is 14.0. The topological polar surface area (TPSA) is 30.5 Å². The molecule has 0 aliphatic carbocycles. The third-order valence-corrected chi connectivity index (χ3v) is 2.57. The molecule has 3 heteroatoms. The van der Waals surface area contributed by atoms with Crippen molar-refractivity contribution in [1.29, 1.82) is 0 Å². The number of rotatable bonds is 8. The predicted molar refractivity (Wildman–Crippen MR) is 70.8 cm³/mol. The highest BCUT2D eigenvalue weighted by Gasteiger charge is 2.03. The second-order valence-electron chi connectivity index (χ2n) is 4.04. The third-order valence-electron chi connectivity index (χ3n) is 2.57. The Morgan fingerprint density at radius 1 is 1.24 bits per heavy atom. The Hall–Kier alpha value is -1.06. The second kappa shape index (κ2) is 8.09. The van der Waals surface area contributed by atoms with Gasteiger partial charge >= 0.3 is 0 Å². The van der Waals surface area contributed by atoms with Gasteiger partial charge in [-0.25, -0.2) is 0 Å². The summed E-state index contributed by atoms with van der Waals surface area (Å²) in [7, 11) is 1.72. The molecule has 0 amide bonds. The van der Waals surface area contributed by atoms with Gasteiger partial charge < -0.3 is 14.8 Å². The minimum atomic E-state index is 0.715. The molecule has 0 heterocycles. The van der Waals surface area contributed by atoms with E-state index in [4.69, 9.17) is 9.47 Å². The standard InChI is InChI=1S/C14H23NO2/c1-4-17-14-6-5-12(2)11-13(14)7-8-15-9-10-16-3/h5-6,11,15H,4,7-10H2,1-3H3. The van der Waals surface area contributed by atoms with E-state index in [-0.39, 0.29) is 0 Å². The fraction of sp³-hybridized carbons (Fsp3) is 0.571. The molecule has 0 radical (unpaired) electrons. The van der Waals surface area contributed by atoms with Crippen LogP contribution in [-0.4, -0.2) is 33.4 Å². The van der Waals surface area contributed by atoms with Gasteiger partial charge in [0.1, 0.15) is 5.75 Å². The van der Waals surface area contributed by atoms with Crippen LogP contribution in [-0.2, 0) is 11.2 Å². The number of aryl methyl sites for hydroxylation is 1. The van der Waals surface area contributed by atoms with Crippen molar-refractivity contribution >= 4 is 0 Å². The molecule has 0 unspecified atom stereocenters. The molecule has 0 saturated carbocycles. The molecule has 17 heavy (non-hydrogen) atoms. The predicted octanol–water partition coefficient (Wildman–Crippen LogP) is 2.17. The van der Waals surface area contributed by atoms with Gasteiger partial charge in [-0.1, -0.05) is 17.7 Å². The maximum absolute atomic E-state index is 5.62. The van der Waals surface area contributed by atoms with Crippen LogP contribution in [0.25, 0.3) is 0 Å². The van der Waals surface area contributed by atoms with Gasteiger partial charge in [0.25, 0.3) is 0 Å². The highest BCUT2D eigenvalue weighted by Crippen LogP contribution is 2.20. The van der Waals surface area contributed by atoms with Crippen LogP contribution in [0, 0.1) is 6.92 Å². The van der Waals surface area contributed by atoms with Gasteiger partial charge in [-0.15, -0.1) is 0 Å². The van der Waals surface area contributed by atoms with E-state index in [9.17, 15) is 0 Å². The Bertz CT molecular complexity index is 326. The summed E-state index contributed by atoms with van der Waals surface area (Å²) in [6.45, 7) is 7.44. The van der Waals surface area contributed by atoms with Crippen LogP contribution in [0.5, 0.6) is 5.75 Å². The lowest BCUT2D eigenvalue weighted by molar-refractivity contribution is 0.199. The van der Waals surface area contributed by atoms with Crippen LogP contribution in [0.1, 0.15) is 18.1 Å². The number of hydrogen-bond donors (Lipinski definition) is 1. The van der Waals surface area contributed by atoms with E-state index in [0.29, 0.717) is 6.61 Å². The Kier molecular flexibility index (Phi) is 6.67. The minimum Gasteiger partial charge on any atom is -0.494 e. The van der Waals surface area contributed by atoms with Crippen LogP contribution in [0.4, 0.5) is 0 Å².